The number of hydrogen-bond donors (Lipinski definition) is 3. The second kappa shape index (κ2) is 5.18. The second-order valence-corrected chi connectivity index (χ2v) is 4.23. The predicted molar refractivity (Wildman–Crippen MR) is 64.9 cm³/mol. The topological polar surface area (TPSA) is 53.2 Å². The number of halogens is 1. The summed E-state index contributed by atoms with van der Waals surface area (Å²) in [5.41, 5.74) is 0.743. The minimum absolute atomic E-state index is 0.170. The van der Waals surface area contributed by atoms with Crippen LogP contribution in [0.2, 0.25) is 5.02 Å². The van der Waals surface area contributed by atoms with Crippen molar-refractivity contribution in [3.63, 3.8) is 0 Å². The van der Waals surface area contributed by atoms with Crippen molar-refractivity contribution in [3.8, 4) is 0 Å². The lowest BCUT2D eigenvalue weighted by atomic mass is 10.3. The van der Waals surface area contributed by atoms with Crippen LogP contribution in [0, 0.1) is 0 Å². The van der Waals surface area contributed by atoms with Crippen LogP contribution >= 0.6 is 11.6 Å². The van der Waals surface area contributed by atoms with E-state index in [-0.39, 0.29) is 12.1 Å². The molecule has 0 aromatic heterocycles. The Labute approximate surface area is 99.4 Å². The fraction of sp³-hybridized carbons (Fsp3) is 0.364. The minimum atomic E-state index is -0.170. The highest BCUT2D eigenvalue weighted by atomic mass is 35.5. The van der Waals surface area contributed by atoms with E-state index in [4.69, 9.17) is 11.6 Å². The molecule has 1 aromatic carbocycles. The van der Waals surface area contributed by atoms with E-state index in [2.05, 4.69) is 16.0 Å². The molecule has 3 N–H and O–H groups in total. The summed E-state index contributed by atoms with van der Waals surface area (Å²) in [6, 6.07) is 7.09. The summed E-state index contributed by atoms with van der Waals surface area (Å²) in [5, 5.41) is 9.50. The molecule has 1 fully saturated rings. The second-order valence-electron chi connectivity index (χ2n) is 3.80. The Hall–Kier alpha value is -1.26. The first kappa shape index (κ1) is 11.2. The molecule has 1 aliphatic heterocycles. The summed E-state index contributed by atoms with van der Waals surface area (Å²) in [6.07, 6.45) is 0.980. The zero-order valence-corrected chi connectivity index (χ0v) is 9.55. The van der Waals surface area contributed by atoms with Crippen molar-refractivity contribution in [1.29, 1.82) is 0 Å². The molecule has 1 aromatic rings. The van der Waals surface area contributed by atoms with E-state index >= 15 is 0 Å². The maximum Gasteiger partial charge on any atom is 0.319 e. The molecule has 86 valence electrons. The molecule has 4 nitrogen and oxygen atoms in total. The molecule has 0 spiro atoms. The Bertz CT molecular complexity index is 360. The lowest BCUT2D eigenvalue weighted by Crippen LogP contribution is -2.39. The number of carbonyl (C=O) groups excluding carboxylic acids is 1. The van der Waals surface area contributed by atoms with E-state index in [1.165, 1.54) is 0 Å². The highest BCUT2D eigenvalue weighted by Gasteiger charge is 2.16. The van der Waals surface area contributed by atoms with Crippen molar-refractivity contribution < 1.29 is 4.79 Å². The zero-order valence-electron chi connectivity index (χ0n) is 8.79. The van der Waals surface area contributed by atoms with Crippen molar-refractivity contribution in [2.45, 2.75) is 12.5 Å². The number of hydrogen-bond acceptors (Lipinski definition) is 2. The number of rotatable bonds is 2. The van der Waals surface area contributed by atoms with Crippen LogP contribution in [-0.4, -0.2) is 25.2 Å². The minimum Gasteiger partial charge on any atom is -0.334 e. The van der Waals surface area contributed by atoms with Gasteiger partial charge >= 0.3 is 6.03 Å². The number of nitrogens with one attached hydrogen (secondary N) is 3. The summed E-state index contributed by atoms with van der Waals surface area (Å²) in [7, 11) is 0. The first-order chi connectivity index (χ1) is 7.74. The largest absolute Gasteiger partial charge is 0.334 e. The Morgan fingerprint density at radius 1 is 1.38 bits per heavy atom. The van der Waals surface area contributed by atoms with Crippen molar-refractivity contribution in [2.24, 2.45) is 0 Å². The average Bonchev–Trinajstić information content (AvgIpc) is 2.74. The van der Waals surface area contributed by atoms with Gasteiger partial charge in [-0.2, -0.15) is 0 Å². The van der Waals surface area contributed by atoms with Crippen molar-refractivity contribution in [1.82, 2.24) is 10.6 Å². The van der Waals surface area contributed by atoms with Gasteiger partial charge in [-0.25, -0.2) is 4.79 Å². The highest BCUT2D eigenvalue weighted by Crippen LogP contribution is 2.13. The molecule has 16 heavy (non-hydrogen) atoms. The van der Waals surface area contributed by atoms with Crippen LogP contribution in [0.3, 0.4) is 0 Å². The molecular formula is C11H14ClN3O. The van der Waals surface area contributed by atoms with Crippen LogP contribution in [0.25, 0.3) is 0 Å². The van der Waals surface area contributed by atoms with Gasteiger partial charge in [0, 0.05) is 23.3 Å². The van der Waals surface area contributed by atoms with Gasteiger partial charge in [-0.05, 0) is 37.2 Å². The van der Waals surface area contributed by atoms with E-state index in [0.29, 0.717) is 5.02 Å². The van der Waals surface area contributed by atoms with Gasteiger partial charge in [0.1, 0.15) is 0 Å². The quantitative estimate of drug-likeness (QED) is 0.738. The summed E-state index contributed by atoms with van der Waals surface area (Å²) >= 11 is 5.75. The monoisotopic (exact) mass is 239 g/mol. The smallest absolute Gasteiger partial charge is 0.319 e. The third-order valence-electron chi connectivity index (χ3n) is 2.50. The molecule has 5 heteroatoms. The maximum atomic E-state index is 11.6. The molecule has 0 saturated carbocycles. The SMILES string of the molecule is O=C(Nc1ccc(Cl)cc1)NC1CCNC1. The van der Waals surface area contributed by atoms with Gasteiger partial charge in [0.25, 0.3) is 0 Å². The maximum absolute atomic E-state index is 11.6. The Balaban J connectivity index is 1.84. The van der Waals surface area contributed by atoms with Gasteiger partial charge in [-0.1, -0.05) is 11.6 Å². The first-order valence-corrected chi connectivity index (χ1v) is 5.65. The van der Waals surface area contributed by atoms with Gasteiger partial charge in [0.15, 0.2) is 0 Å². The van der Waals surface area contributed by atoms with Gasteiger partial charge < -0.3 is 16.0 Å². The summed E-state index contributed by atoms with van der Waals surface area (Å²) in [4.78, 5) is 11.6. The van der Waals surface area contributed by atoms with Crippen LogP contribution < -0.4 is 16.0 Å². The third kappa shape index (κ3) is 3.12. The fourth-order valence-corrected chi connectivity index (χ4v) is 1.79. The number of urea groups is 1. The molecule has 1 atom stereocenters. The lowest BCUT2D eigenvalue weighted by molar-refractivity contribution is 0.249. The van der Waals surface area contributed by atoms with Crippen molar-refractivity contribution in [3.05, 3.63) is 29.3 Å². The average molecular weight is 240 g/mol. The van der Waals surface area contributed by atoms with Crippen LogP contribution in [-0.2, 0) is 0 Å². The molecule has 0 radical (unpaired) electrons. The summed E-state index contributed by atoms with van der Waals surface area (Å²) in [5.74, 6) is 0. The van der Waals surface area contributed by atoms with Gasteiger partial charge in [0.05, 0.1) is 0 Å². The molecule has 1 heterocycles. The van der Waals surface area contributed by atoms with Crippen LogP contribution in [0.15, 0.2) is 24.3 Å². The fourth-order valence-electron chi connectivity index (χ4n) is 1.66. The van der Waals surface area contributed by atoms with E-state index in [1.807, 2.05) is 0 Å². The van der Waals surface area contributed by atoms with Gasteiger partial charge in [-0.3, -0.25) is 0 Å². The Kier molecular flexibility index (Phi) is 3.64. The van der Waals surface area contributed by atoms with E-state index in [9.17, 15) is 4.79 Å². The van der Waals surface area contributed by atoms with Crippen LogP contribution in [0.1, 0.15) is 6.42 Å². The lowest BCUT2D eigenvalue weighted by Gasteiger charge is -2.12. The van der Waals surface area contributed by atoms with Crippen LogP contribution in [0.4, 0.5) is 10.5 Å². The first-order valence-electron chi connectivity index (χ1n) is 5.28. The van der Waals surface area contributed by atoms with Crippen molar-refractivity contribution in [2.75, 3.05) is 18.4 Å². The molecule has 1 unspecified atom stereocenters. The number of anilines is 1. The molecule has 1 aliphatic rings. The van der Waals surface area contributed by atoms with Crippen molar-refractivity contribution >= 4 is 23.3 Å². The van der Waals surface area contributed by atoms with E-state index in [1.54, 1.807) is 24.3 Å². The third-order valence-corrected chi connectivity index (χ3v) is 2.75. The zero-order chi connectivity index (χ0) is 11.4. The normalized spacial score (nSPS) is 19.4. The molecule has 2 rings (SSSR count). The number of benzene rings is 1. The summed E-state index contributed by atoms with van der Waals surface area (Å²) in [6.45, 7) is 1.81. The van der Waals surface area contributed by atoms with Gasteiger partial charge in [-0.15, -0.1) is 0 Å². The standard InChI is InChI=1S/C11H14ClN3O/c12-8-1-3-9(4-2-8)14-11(16)15-10-5-6-13-7-10/h1-4,10,13H,5-7H2,(H2,14,15,16). The molecule has 1 saturated heterocycles. The number of carbonyl (C=O) groups is 1. The Morgan fingerprint density at radius 2 is 2.12 bits per heavy atom. The number of amides is 2. The molecule has 0 aliphatic carbocycles. The van der Waals surface area contributed by atoms with E-state index in [0.717, 1.165) is 25.2 Å². The van der Waals surface area contributed by atoms with E-state index < -0.39 is 0 Å². The highest BCUT2D eigenvalue weighted by molar-refractivity contribution is 6.30. The van der Waals surface area contributed by atoms with Crippen LogP contribution in [0.5, 0.6) is 0 Å². The predicted octanol–water partition coefficient (Wildman–Crippen LogP) is 1.82. The van der Waals surface area contributed by atoms with Gasteiger partial charge in [0.2, 0.25) is 0 Å². The molecule has 0 bridgehead atoms. The summed E-state index contributed by atoms with van der Waals surface area (Å²) < 4.78 is 0. The molecular weight excluding hydrogens is 226 g/mol. The Morgan fingerprint density at radius 3 is 2.75 bits per heavy atom. The molecule has 2 amide bonds.